The van der Waals surface area contributed by atoms with Crippen molar-refractivity contribution in [1.29, 1.82) is 0 Å². The van der Waals surface area contributed by atoms with Crippen molar-refractivity contribution in [3.63, 3.8) is 0 Å². The molecule has 2 unspecified atom stereocenters. The van der Waals surface area contributed by atoms with Crippen LogP contribution in [-0.2, 0) is 10.0 Å². The Hall–Kier alpha value is -0.980. The number of rotatable bonds is 2. The Balaban J connectivity index is 2.24. The zero-order valence-electron chi connectivity index (χ0n) is 10.2. The molecule has 2 atom stereocenters. The number of hydrogen-bond acceptors (Lipinski definition) is 3. The molecule has 0 spiro atoms. The standard InChI is InChI=1S/C12H17FN2O2S/c1-9-8-15(7-6-12(9)14)18(16,17)11-4-2-10(13)3-5-11/h2-5,9,12H,6-8,14H2,1H3. The first-order valence-corrected chi connectivity index (χ1v) is 7.36. The predicted molar refractivity (Wildman–Crippen MR) is 66.9 cm³/mol. The Morgan fingerprint density at radius 1 is 1.33 bits per heavy atom. The molecule has 100 valence electrons. The molecule has 1 aliphatic heterocycles. The molecule has 1 saturated heterocycles. The second-order valence-electron chi connectivity index (χ2n) is 4.75. The van der Waals surface area contributed by atoms with Gasteiger partial charge >= 0.3 is 0 Å². The van der Waals surface area contributed by atoms with E-state index in [2.05, 4.69) is 0 Å². The van der Waals surface area contributed by atoms with Crippen molar-refractivity contribution >= 4 is 10.0 Å². The summed E-state index contributed by atoms with van der Waals surface area (Å²) < 4.78 is 38.9. The number of nitrogens with zero attached hydrogens (tertiary/aromatic N) is 1. The highest BCUT2D eigenvalue weighted by molar-refractivity contribution is 7.89. The van der Waals surface area contributed by atoms with Crippen LogP contribution in [0.25, 0.3) is 0 Å². The lowest BCUT2D eigenvalue weighted by molar-refractivity contribution is 0.250. The van der Waals surface area contributed by atoms with Crippen LogP contribution in [0.3, 0.4) is 0 Å². The van der Waals surface area contributed by atoms with Crippen molar-refractivity contribution in [1.82, 2.24) is 4.31 Å². The maximum Gasteiger partial charge on any atom is 0.243 e. The minimum Gasteiger partial charge on any atom is -0.327 e. The maximum atomic E-state index is 12.8. The molecule has 1 aromatic carbocycles. The van der Waals surface area contributed by atoms with E-state index in [-0.39, 0.29) is 16.9 Å². The van der Waals surface area contributed by atoms with Gasteiger partial charge in [-0.2, -0.15) is 4.31 Å². The smallest absolute Gasteiger partial charge is 0.243 e. The van der Waals surface area contributed by atoms with Crippen molar-refractivity contribution in [2.24, 2.45) is 11.7 Å². The SMILES string of the molecule is CC1CN(S(=O)(=O)c2ccc(F)cc2)CCC1N. The summed E-state index contributed by atoms with van der Waals surface area (Å²) in [5.74, 6) is -0.308. The number of hydrogen-bond donors (Lipinski definition) is 1. The normalized spacial score (nSPS) is 26.2. The monoisotopic (exact) mass is 272 g/mol. The van der Waals surface area contributed by atoms with Gasteiger partial charge in [-0.1, -0.05) is 6.92 Å². The van der Waals surface area contributed by atoms with Gasteiger partial charge in [-0.3, -0.25) is 0 Å². The van der Waals surface area contributed by atoms with Crippen LogP contribution in [-0.4, -0.2) is 31.9 Å². The third-order valence-electron chi connectivity index (χ3n) is 3.39. The van der Waals surface area contributed by atoms with Crippen LogP contribution >= 0.6 is 0 Å². The Labute approximate surface area is 107 Å². The molecule has 0 bridgehead atoms. The topological polar surface area (TPSA) is 63.4 Å². The first-order valence-electron chi connectivity index (χ1n) is 5.92. The Kier molecular flexibility index (Phi) is 3.70. The van der Waals surface area contributed by atoms with E-state index in [4.69, 9.17) is 5.73 Å². The van der Waals surface area contributed by atoms with E-state index in [9.17, 15) is 12.8 Å². The van der Waals surface area contributed by atoms with Gasteiger partial charge in [0.1, 0.15) is 5.82 Å². The predicted octanol–water partition coefficient (Wildman–Crippen LogP) is 1.18. The largest absolute Gasteiger partial charge is 0.327 e. The van der Waals surface area contributed by atoms with Crippen LogP contribution in [0.5, 0.6) is 0 Å². The van der Waals surface area contributed by atoms with Crippen LogP contribution in [0.15, 0.2) is 29.2 Å². The van der Waals surface area contributed by atoms with Gasteiger partial charge in [0.15, 0.2) is 0 Å². The van der Waals surface area contributed by atoms with Crippen molar-refractivity contribution in [2.45, 2.75) is 24.3 Å². The van der Waals surface area contributed by atoms with Crippen LogP contribution in [0.1, 0.15) is 13.3 Å². The highest BCUT2D eigenvalue weighted by Crippen LogP contribution is 2.23. The van der Waals surface area contributed by atoms with Gasteiger partial charge in [0.05, 0.1) is 4.90 Å². The first-order chi connectivity index (χ1) is 8.41. The van der Waals surface area contributed by atoms with Gasteiger partial charge in [0.25, 0.3) is 0 Å². The molecule has 0 radical (unpaired) electrons. The van der Waals surface area contributed by atoms with Crippen molar-refractivity contribution in [2.75, 3.05) is 13.1 Å². The fourth-order valence-corrected chi connectivity index (χ4v) is 3.65. The second-order valence-corrected chi connectivity index (χ2v) is 6.68. The number of piperidine rings is 1. The average Bonchev–Trinajstić information content (AvgIpc) is 2.33. The van der Waals surface area contributed by atoms with Gasteiger partial charge in [-0.25, -0.2) is 12.8 Å². The van der Waals surface area contributed by atoms with Crippen LogP contribution < -0.4 is 5.73 Å². The average molecular weight is 272 g/mol. The lowest BCUT2D eigenvalue weighted by atomic mass is 9.96. The Bertz CT molecular complexity index is 515. The lowest BCUT2D eigenvalue weighted by Gasteiger charge is -2.34. The summed E-state index contributed by atoms with van der Waals surface area (Å²) in [6, 6.07) is 4.95. The molecule has 18 heavy (non-hydrogen) atoms. The highest BCUT2D eigenvalue weighted by atomic mass is 32.2. The molecule has 2 N–H and O–H groups in total. The van der Waals surface area contributed by atoms with Crippen molar-refractivity contribution in [3.05, 3.63) is 30.1 Å². The zero-order chi connectivity index (χ0) is 13.3. The molecule has 0 saturated carbocycles. The minimum absolute atomic E-state index is 0.0460. The van der Waals surface area contributed by atoms with E-state index in [1.54, 1.807) is 0 Å². The van der Waals surface area contributed by atoms with Crippen molar-refractivity contribution < 1.29 is 12.8 Å². The molecule has 1 aromatic rings. The fraction of sp³-hybridized carbons (Fsp3) is 0.500. The van der Waals surface area contributed by atoms with Gasteiger partial charge < -0.3 is 5.73 Å². The van der Waals surface area contributed by atoms with Gasteiger partial charge in [0.2, 0.25) is 10.0 Å². The van der Waals surface area contributed by atoms with Crippen LogP contribution in [0.2, 0.25) is 0 Å². The summed E-state index contributed by atoms with van der Waals surface area (Å²) in [7, 11) is -3.52. The van der Waals surface area contributed by atoms with Crippen molar-refractivity contribution in [3.8, 4) is 0 Å². The number of nitrogens with two attached hydrogens (primary N) is 1. The number of benzene rings is 1. The maximum absolute atomic E-state index is 12.8. The van der Waals surface area contributed by atoms with E-state index in [1.165, 1.54) is 16.4 Å². The summed E-state index contributed by atoms with van der Waals surface area (Å²) in [4.78, 5) is 0.131. The molecule has 2 rings (SSSR count). The third kappa shape index (κ3) is 2.55. The molecule has 0 aliphatic carbocycles. The van der Waals surface area contributed by atoms with Crippen LogP contribution in [0, 0.1) is 11.7 Å². The lowest BCUT2D eigenvalue weighted by Crippen LogP contribution is -2.48. The van der Waals surface area contributed by atoms with Crippen LogP contribution in [0.4, 0.5) is 4.39 Å². The minimum atomic E-state index is -3.52. The first kappa shape index (κ1) is 13.5. The van der Waals surface area contributed by atoms with E-state index in [1.807, 2.05) is 6.92 Å². The summed E-state index contributed by atoms with van der Waals surface area (Å²) in [6.45, 7) is 2.78. The molecule has 0 amide bonds. The van der Waals surface area contributed by atoms with Gasteiger partial charge in [-0.15, -0.1) is 0 Å². The second kappa shape index (κ2) is 4.95. The number of sulfonamides is 1. The van der Waals surface area contributed by atoms with Gasteiger partial charge in [0, 0.05) is 19.1 Å². The summed E-state index contributed by atoms with van der Waals surface area (Å²) >= 11 is 0. The number of halogens is 1. The fourth-order valence-electron chi connectivity index (χ4n) is 2.10. The molecular formula is C12H17FN2O2S. The molecule has 4 nitrogen and oxygen atoms in total. The van der Waals surface area contributed by atoms with E-state index < -0.39 is 15.8 Å². The summed E-state index contributed by atoms with van der Waals surface area (Å²) in [5, 5.41) is 0. The molecule has 1 aliphatic rings. The summed E-state index contributed by atoms with van der Waals surface area (Å²) in [6.07, 6.45) is 0.654. The molecule has 6 heteroatoms. The molecule has 1 fully saturated rings. The van der Waals surface area contributed by atoms with E-state index in [0.717, 1.165) is 12.1 Å². The Morgan fingerprint density at radius 3 is 2.50 bits per heavy atom. The highest BCUT2D eigenvalue weighted by Gasteiger charge is 2.31. The molecule has 1 heterocycles. The quantitative estimate of drug-likeness (QED) is 0.879. The third-order valence-corrected chi connectivity index (χ3v) is 5.27. The summed E-state index contributed by atoms with van der Waals surface area (Å²) in [5.41, 5.74) is 5.87. The zero-order valence-corrected chi connectivity index (χ0v) is 11.0. The molecular weight excluding hydrogens is 255 g/mol. The Morgan fingerprint density at radius 2 is 1.94 bits per heavy atom. The van der Waals surface area contributed by atoms with E-state index >= 15 is 0 Å². The molecule has 0 aromatic heterocycles. The van der Waals surface area contributed by atoms with Gasteiger partial charge in [-0.05, 0) is 36.6 Å². The van der Waals surface area contributed by atoms with E-state index in [0.29, 0.717) is 19.5 Å².